The van der Waals surface area contributed by atoms with Crippen LogP contribution in [0, 0.1) is 11.8 Å². The molecule has 7 heteroatoms. The van der Waals surface area contributed by atoms with Crippen molar-refractivity contribution < 1.29 is 19.4 Å². The average Bonchev–Trinajstić information content (AvgIpc) is 3.18. The highest BCUT2D eigenvalue weighted by molar-refractivity contribution is 6.30. The number of halogens is 1. The van der Waals surface area contributed by atoms with Gasteiger partial charge in [-0.1, -0.05) is 35.9 Å². The minimum atomic E-state index is -0.541. The molecule has 6 nitrogen and oxygen atoms in total. The molecule has 2 aromatic rings. The zero-order chi connectivity index (χ0) is 28.4. The van der Waals surface area contributed by atoms with Gasteiger partial charge in [-0.05, 0) is 91.8 Å². The van der Waals surface area contributed by atoms with Gasteiger partial charge in [-0.25, -0.2) is 0 Å². The summed E-state index contributed by atoms with van der Waals surface area (Å²) in [6, 6.07) is 12.4. The largest absolute Gasteiger partial charge is 0.490 e. The molecular weight excluding hydrogens is 524 g/mol. The van der Waals surface area contributed by atoms with Crippen LogP contribution in [0.2, 0.25) is 5.02 Å². The molecule has 1 amide bonds. The van der Waals surface area contributed by atoms with E-state index in [1.54, 1.807) is 18.9 Å². The Balaban J connectivity index is 1.38. The van der Waals surface area contributed by atoms with Crippen molar-refractivity contribution in [3.63, 3.8) is 0 Å². The number of rotatable bonds is 9. The van der Waals surface area contributed by atoms with Crippen molar-refractivity contribution in [3.05, 3.63) is 70.3 Å². The SMILES string of the molecule is COC(/C=C/CCN(C)C(C)=O)C1CCC1CN1CC2(CCc3cc(Cl)ccc32)COc2ccc(C(C)O)cc21. The Morgan fingerprint density at radius 2 is 2.12 bits per heavy atom. The lowest BCUT2D eigenvalue weighted by Gasteiger charge is -2.44. The van der Waals surface area contributed by atoms with Crippen molar-refractivity contribution >= 4 is 23.2 Å². The molecule has 1 aliphatic heterocycles. The molecule has 1 heterocycles. The number of aliphatic hydroxyl groups is 1. The van der Waals surface area contributed by atoms with Gasteiger partial charge in [-0.15, -0.1) is 0 Å². The van der Waals surface area contributed by atoms with Crippen LogP contribution in [0.15, 0.2) is 48.6 Å². The summed E-state index contributed by atoms with van der Waals surface area (Å²) in [4.78, 5) is 15.8. The normalized spacial score (nSPS) is 25.1. The molecule has 5 rings (SSSR count). The fourth-order valence-corrected chi connectivity index (χ4v) is 6.93. The molecule has 1 N–H and O–H groups in total. The molecule has 3 aliphatic rings. The van der Waals surface area contributed by atoms with E-state index in [1.807, 2.05) is 32.2 Å². The van der Waals surface area contributed by atoms with E-state index in [4.69, 9.17) is 21.1 Å². The van der Waals surface area contributed by atoms with Crippen LogP contribution in [-0.2, 0) is 21.4 Å². The minimum Gasteiger partial charge on any atom is -0.490 e. The summed E-state index contributed by atoms with van der Waals surface area (Å²) in [5.74, 6) is 1.89. The lowest BCUT2D eigenvalue weighted by molar-refractivity contribution is -0.127. The van der Waals surface area contributed by atoms with Crippen LogP contribution in [-0.4, -0.2) is 62.4 Å². The topological polar surface area (TPSA) is 62.2 Å². The number of carbonyl (C=O) groups is 1. The zero-order valence-corrected chi connectivity index (χ0v) is 25.0. The first kappa shape index (κ1) is 29.0. The lowest BCUT2D eigenvalue weighted by Crippen LogP contribution is -2.48. The number of hydrogen-bond acceptors (Lipinski definition) is 5. The lowest BCUT2D eigenvalue weighted by atomic mass is 9.69. The van der Waals surface area contributed by atoms with Crippen molar-refractivity contribution in [2.45, 2.75) is 63.6 Å². The number of aryl methyl sites for hydroxylation is 1. The van der Waals surface area contributed by atoms with E-state index >= 15 is 0 Å². The molecule has 0 saturated heterocycles. The molecule has 40 heavy (non-hydrogen) atoms. The zero-order valence-electron chi connectivity index (χ0n) is 24.2. The Hall–Kier alpha value is -2.54. The molecule has 1 saturated carbocycles. The summed E-state index contributed by atoms with van der Waals surface area (Å²) in [5.41, 5.74) is 4.55. The number of benzene rings is 2. The smallest absolute Gasteiger partial charge is 0.219 e. The Labute approximate surface area is 243 Å². The van der Waals surface area contributed by atoms with Crippen LogP contribution in [0.4, 0.5) is 5.69 Å². The molecule has 1 fully saturated rings. The van der Waals surface area contributed by atoms with Crippen LogP contribution in [0.5, 0.6) is 5.75 Å². The van der Waals surface area contributed by atoms with Gasteiger partial charge >= 0.3 is 0 Å². The molecular formula is C33H43ClN2O4. The van der Waals surface area contributed by atoms with Crippen LogP contribution in [0.25, 0.3) is 0 Å². The van der Waals surface area contributed by atoms with E-state index in [9.17, 15) is 9.90 Å². The van der Waals surface area contributed by atoms with Crippen molar-refractivity contribution in [1.29, 1.82) is 0 Å². The highest BCUT2D eigenvalue weighted by Crippen LogP contribution is 2.47. The molecule has 1 spiro atoms. The summed E-state index contributed by atoms with van der Waals surface area (Å²) in [6.07, 6.45) is 9.00. The maximum absolute atomic E-state index is 11.5. The number of fused-ring (bicyclic) bond motifs is 3. The average molecular weight is 567 g/mol. The van der Waals surface area contributed by atoms with E-state index < -0.39 is 6.10 Å². The van der Waals surface area contributed by atoms with Gasteiger partial charge in [0.1, 0.15) is 5.75 Å². The predicted octanol–water partition coefficient (Wildman–Crippen LogP) is 5.94. The fourth-order valence-electron chi connectivity index (χ4n) is 6.74. The first-order valence-corrected chi connectivity index (χ1v) is 15.0. The number of nitrogens with zero attached hydrogens (tertiary/aromatic N) is 2. The van der Waals surface area contributed by atoms with E-state index in [0.29, 0.717) is 25.0 Å². The van der Waals surface area contributed by atoms with Gasteiger partial charge in [0.2, 0.25) is 5.91 Å². The summed E-state index contributed by atoms with van der Waals surface area (Å²) in [7, 11) is 3.63. The molecule has 5 atom stereocenters. The molecule has 0 radical (unpaired) electrons. The Bertz CT molecular complexity index is 1250. The van der Waals surface area contributed by atoms with Gasteiger partial charge < -0.3 is 24.4 Å². The van der Waals surface area contributed by atoms with Crippen LogP contribution in [0.3, 0.4) is 0 Å². The summed E-state index contributed by atoms with van der Waals surface area (Å²) in [6.45, 7) is 6.53. The van der Waals surface area contributed by atoms with E-state index in [2.05, 4.69) is 35.3 Å². The number of carbonyl (C=O) groups excluding carboxylic acids is 1. The van der Waals surface area contributed by atoms with Crippen molar-refractivity contribution in [1.82, 2.24) is 4.90 Å². The van der Waals surface area contributed by atoms with Gasteiger partial charge in [0.15, 0.2) is 0 Å². The van der Waals surface area contributed by atoms with E-state index in [-0.39, 0.29) is 17.4 Å². The quantitative estimate of drug-likeness (QED) is 0.381. The minimum absolute atomic E-state index is 0.0520. The fraction of sp³-hybridized carbons (Fsp3) is 0.545. The number of hydrogen-bond donors (Lipinski definition) is 1. The van der Waals surface area contributed by atoms with Gasteiger partial charge in [0.05, 0.1) is 24.5 Å². The summed E-state index contributed by atoms with van der Waals surface area (Å²) >= 11 is 6.36. The summed E-state index contributed by atoms with van der Waals surface area (Å²) < 4.78 is 12.5. The van der Waals surface area contributed by atoms with E-state index in [1.165, 1.54) is 11.1 Å². The Kier molecular flexibility index (Phi) is 8.79. The van der Waals surface area contributed by atoms with Crippen LogP contribution >= 0.6 is 11.6 Å². The molecule has 0 aromatic heterocycles. The van der Waals surface area contributed by atoms with Gasteiger partial charge in [0.25, 0.3) is 0 Å². The third-order valence-corrected chi connectivity index (χ3v) is 9.67. The van der Waals surface area contributed by atoms with Gasteiger partial charge in [-0.2, -0.15) is 0 Å². The van der Waals surface area contributed by atoms with E-state index in [0.717, 1.165) is 67.2 Å². The third-order valence-electron chi connectivity index (χ3n) is 9.43. The standard InChI is InChI=1S/C33H43ClN2O4/c1-22(37)24-9-13-32-30(18-24)36(20-33(21-40-32)15-14-25-17-27(34)10-12-29(25)33)19-26-8-11-28(26)31(39-4)7-5-6-16-35(3)23(2)38/h5,7,9-10,12-13,17-18,22,26,28,31,37H,6,8,11,14-16,19-21H2,1-4H3/b7-5+. The van der Waals surface area contributed by atoms with Gasteiger partial charge in [0, 0.05) is 51.2 Å². The molecule has 2 aliphatic carbocycles. The second-order valence-electron chi connectivity index (χ2n) is 12.0. The monoisotopic (exact) mass is 566 g/mol. The predicted molar refractivity (Wildman–Crippen MR) is 160 cm³/mol. The van der Waals surface area contributed by atoms with Crippen molar-refractivity contribution in [3.8, 4) is 5.75 Å². The Morgan fingerprint density at radius 1 is 1.30 bits per heavy atom. The number of anilines is 1. The number of amides is 1. The highest BCUT2D eigenvalue weighted by atomic mass is 35.5. The first-order chi connectivity index (χ1) is 19.2. The maximum atomic E-state index is 11.5. The number of aliphatic hydroxyl groups excluding tert-OH is 1. The molecule has 0 bridgehead atoms. The van der Waals surface area contributed by atoms with Gasteiger partial charge in [-0.3, -0.25) is 4.79 Å². The number of ether oxygens (including phenoxy) is 2. The van der Waals surface area contributed by atoms with Crippen molar-refractivity contribution in [2.75, 3.05) is 45.3 Å². The highest BCUT2D eigenvalue weighted by Gasteiger charge is 2.45. The molecule has 216 valence electrons. The second-order valence-corrected chi connectivity index (χ2v) is 12.4. The van der Waals surface area contributed by atoms with Crippen molar-refractivity contribution in [2.24, 2.45) is 11.8 Å². The molecule has 5 unspecified atom stereocenters. The number of methoxy groups -OCH3 is 1. The molecule has 2 aromatic carbocycles. The first-order valence-electron chi connectivity index (χ1n) is 14.6. The summed E-state index contributed by atoms with van der Waals surface area (Å²) in [5, 5.41) is 11.2. The maximum Gasteiger partial charge on any atom is 0.219 e. The van der Waals surface area contributed by atoms with Crippen LogP contribution in [0.1, 0.15) is 62.3 Å². The second kappa shape index (κ2) is 12.1. The Morgan fingerprint density at radius 3 is 2.83 bits per heavy atom. The van der Waals surface area contributed by atoms with Crippen LogP contribution < -0.4 is 9.64 Å². The third kappa shape index (κ3) is 5.90.